The Kier molecular flexibility index (Phi) is 5.68. The van der Waals surface area contributed by atoms with Crippen LogP contribution < -0.4 is 10.6 Å². The van der Waals surface area contributed by atoms with Gasteiger partial charge in [0.1, 0.15) is 0 Å². The molecule has 0 saturated heterocycles. The average Bonchev–Trinajstić information content (AvgIpc) is 2.61. The molecule has 5 heteroatoms. The van der Waals surface area contributed by atoms with Crippen LogP contribution in [0.3, 0.4) is 0 Å². The minimum atomic E-state index is 0.0412. The van der Waals surface area contributed by atoms with Crippen molar-refractivity contribution in [1.82, 2.24) is 10.6 Å². The number of hydrogen-bond acceptors (Lipinski definition) is 3. The van der Waals surface area contributed by atoms with Crippen molar-refractivity contribution in [3.8, 4) is 0 Å². The Labute approximate surface area is 98.8 Å². The zero-order valence-electron chi connectivity index (χ0n) is 8.68. The molecule has 0 aliphatic carbocycles. The molecule has 0 unspecified atom stereocenters. The van der Waals surface area contributed by atoms with E-state index in [-0.39, 0.29) is 5.91 Å². The van der Waals surface area contributed by atoms with Crippen LogP contribution in [-0.2, 0) is 11.3 Å². The van der Waals surface area contributed by atoms with Crippen LogP contribution >= 0.6 is 22.9 Å². The summed E-state index contributed by atoms with van der Waals surface area (Å²) in [5.41, 5.74) is 0. The van der Waals surface area contributed by atoms with E-state index in [0.717, 1.165) is 22.2 Å². The van der Waals surface area contributed by atoms with Crippen LogP contribution in [0.25, 0.3) is 0 Å². The zero-order valence-corrected chi connectivity index (χ0v) is 10.3. The maximum absolute atomic E-state index is 11.2. The molecule has 0 saturated carbocycles. The second-order valence-electron chi connectivity index (χ2n) is 3.16. The monoisotopic (exact) mass is 246 g/mol. The predicted octanol–water partition coefficient (Wildman–Crippen LogP) is 2.02. The quantitative estimate of drug-likeness (QED) is 0.806. The first-order chi connectivity index (χ1) is 7.22. The molecule has 0 radical (unpaired) electrons. The van der Waals surface area contributed by atoms with Crippen LogP contribution in [0.15, 0.2) is 12.1 Å². The number of nitrogens with one attached hydrogen (secondary N) is 2. The van der Waals surface area contributed by atoms with Crippen molar-refractivity contribution in [3.05, 3.63) is 21.3 Å². The molecule has 2 N–H and O–H groups in total. The van der Waals surface area contributed by atoms with Gasteiger partial charge in [0, 0.05) is 18.0 Å². The molecule has 0 spiro atoms. The first kappa shape index (κ1) is 12.5. The third kappa shape index (κ3) is 5.16. The maximum Gasteiger partial charge on any atom is 0.233 e. The summed E-state index contributed by atoms with van der Waals surface area (Å²) in [6, 6.07) is 3.82. The van der Waals surface area contributed by atoms with E-state index in [2.05, 4.69) is 10.6 Å². The van der Waals surface area contributed by atoms with Gasteiger partial charge < -0.3 is 10.6 Å². The number of carbonyl (C=O) groups excluding carboxylic acids is 1. The Hall–Kier alpha value is -0.580. The van der Waals surface area contributed by atoms with Crippen LogP contribution in [0.2, 0.25) is 4.34 Å². The molecule has 1 heterocycles. The fourth-order valence-electron chi connectivity index (χ4n) is 1.07. The van der Waals surface area contributed by atoms with Crippen LogP contribution in [0.1, 0.15) is 18.2 Å². The molecule has 1 amide bonds. The van der Waals surface area contributed by atoms with Crippen LogP contribution in [0.5, 0.6) is 0 Å². The van der Waals surface area contributed by atoms with E-state index in [9.17, 15) is 4.79 Å². The summed E-state index contributed by atoms with van der Waals surface area (Å²) in [6.45, 7) is 3.82. The van der Waals surface area contributed by atoms with Crippen molar-refractivity contribution in [2.45, 2.75) is 19.9 Å². The lowest BCUT2D eigenvalue weighted by molar-refractivity contribution is -0.120. The fourth-order valence-corrected chi connectivity index (χ4v) is 2.13. The van der Waals surface area contributed by atoms with Gasteiger partial charge in [0.15, 0.2) is 0 Å². The summed E-state index contributed by atoms with van der Waals surface area (Å²) in [5, 5.41) is 5.86. The Morgan fingerprint density at radius 3 is 2.93 bits per heavy atom. The zero-order chi connectivity index (χ0) is 11.1. The van der Waals surface area contributed by atoms with E-state index < -0.39 is 0 Å². The van der Waals surface area contributed by atoms with Gasteiger partial charge in [0.25, 0.3) is 0 Å². The Morgan fingerprint density at radius 2 is 2.33 bits per heavy atom. The van der Waals surface area contributed by atoms with E-state index in [1.165, 1.54) is 11.3 Å². The standard InChI is InChI=1S/C10H15ClN2OS/c1-2-5-13-10(14)7-12-6-8-3-4-9(11)15-8/h3-4,12H,2,5-7H2,1H3,(H,13,14). The minimum Gasteiger partial charge on any atom is -0.355 e. The van der Waals surface area contributed by atoms with E-state index in [1.807, 2.05) is 19.1 Å². The van der Waals surface area contributed by atoms with E-state index in [4.69, 9.17) is 11.6 Å². The molecule has 0 bridgehead atoms. The molecule has 0 aliphatic heterocycles. The van der Waals surface area contributed by atoms with Gasteiger partial charge in [-0.15, -0.1) is 11.3 Å². The van der Waals surface area contributed by atoms with Crippen LogP contribution in [0, 0.1) is 0 Å². The first-order valence-electron chi connectivity index (χ1n) is 4.94. The molecule has 1 aromatic heterocycles. The molecule has 0 atom stereocenters. The second-order valence-corrected chi connectivity index (χ2v) is 4.96. The molecular weight excluding hydrogens is 232 g/mol. The summed E-state index contributed by atoms with van der Waals surface area (Å²) in [5.74, 6) is 0.0412. The molecule has 1 aromatic rings. The highest BCUT2D eigenvalue weighted by molar-refractivity contribution is 7.16. The van der Waals surface area contributed by atoms with Crippen molar-refractivity contribution < 1.29 is 4.79 Å². The summed E-state index contributed by atoms with van der Waals surface area (Å²) < 4.78 is 0.780. The largest absolute Gasteiger partial charge is 0.355 e. The number of hydrogen-bond donors (Lipinski definition) is 2. The topological polar surface area (TPSA) is 41.1 Å². The predicted molar refractivity (Wildman–Crippen MR) is 64.3 cm³/mol. The lowest BCUT2D eigenvalue weighted by Gasteiger charge is -2.04. The fraction of sp³-hybridized carbons (Fsp3) is 0.500. The van der Waals surface area contributed by atoms with Crippen LogP contribution in [-0.4, -0.2) is 19.0 Å². The van der Waals surface area contributed by atoms with Crippen molar-refractivity contribution >= 4 is 28.8 Å². The van der Waals surface area contributed by atoms with E-state index in [0.29, 0.717) is 13.1 Å². The van der Waals surface area contributed by atoms with Gasteiger partial charge in [0.2, 0.25) is 5.91 Å². The molecule has 15 heavy (non-hydrogen) atoms. The highest BCUT2D eigenvalue weighted by Crippen LogP contribution is 2.20. The van der Waals surface area contributed by atoms with Gasteiger partial charge >= 0.3 is 0 Å². The molecule has 1 rings (SSSR count). The van der Waals surface area contributed by atoms with Gasteiger partial charge in [0.05, 0.1) is 10.9 Å². The van der Waals surface area contributed by atoms with Crippen molar-refractivity contribution in [3.63, 3.8) is 0 Å². The van der Waals surface area contributed by atoms with E-state index >= 15 is 0 Å². The SMILES string of the molecule is CCCNC(=O)CNCc1ccc(Cl)s1. The number of thiophene rings is 1. The van der Waals surface area contributed by atoms with Gasteiger partial charge in [-0.25, -0.2) is 0 Å². The number of amides is 1. The summed E-state index contributed by atoms with van der Waals surface area (Å²) in [6.07, 6.45) is 0.965. The molecule has 0 aliphatic rings. The normalized spacial score (nSPS) is 10.3. The maximum atomic E-state index is 11.2. The van der Waals surface area contributed by atoms with Crippen molar-refractivity contribution in [2.75, 3.05) is 13.1 Å². The molecule has 0 fully saturated rings. The first-order valence-corrected chi connectivity index (χ1v) is 6.13. The second kappa shape index (κ2) is 6.82. The highest BCUT2D eigenvalue weighted by atomic mass is 35.5. The third-order valence-corrected chi connectivity index (χ3v) is 3.02. The summed E-state index contributed by atoms with van der Waals surface area (Å²) in [4.78, 5) is 12.3. The summed E-state index contributed by atoms with van der Waals surface area (Å²) in [7, 11) is 0. The number of halogens is 1. The number of carbonyl (C=O) groups is 1. The highest BCUT2D eigenvalue weighted by Gasteiger charge is 2.00. The number of rotatable bonds is 6. The van der Waals surface area contributed by atoms with Gasteiger partial charge in [-0.2, -0.15) is 0 Å². The van der Waals surface area contributed by atoms with Crippen LogP contribution in [0.4, 0.5) is 0 Å². The molecule has 3 nitrogen and oxygen atoms in total. The van der Waals surface area contributed by atoms with Gasteiger partial charge in [-0.1, -0.05) is 18.5 Å². The van der Waals surface area contributed by atoms with Crippen molar-refractivity contribution in [1.29, 1.82) is 0 Å². The smallest absolute Gasteiger partial charge is 0.233 e. The van der Waals surface area contributed by atoms with Crippen molar-refractivity contribution in [2.24, 2.45) is 0 Å². The van der Waals surface area contributed by atoms with Gasteiger partial charge in [-0.05, 0) is 18.6 Å². The molecule has 84 valence electrons. The van der Waals surface area contributed by atoms with Gasteiger partial charge in [-0.3, -0.25) is 4.79 Å². The average molecular weight is 247 g/mol. The Balaban J connectivity index is 2.13. The van der Waals surface area contributed by atoms with E-state index in [1.54, 1.807) is 0 Å². The lowest BCUT2D eigenvalue weighted by Crippen LogP contribution is -2.33. The lowest BCUT2D eigenvalue weighted by atomic mass is 10.4. The Morgan fingerprint density at radius 1 is 1.53 bits per heavy atom. The molecular formula is C10H15ClN2OS. The third-order valence-electron chi connectivity index (χ3n) is 1.79. The minimum absolute atomic E-state index is 0.0412. The summed E-state index contributed by atoms with van der Waals surface area (Å²) >= 11 is 7.31. The Bertz CT molecular complexity index is 314. The molecule has 0 aromatic carbocycles.